The number of phenolic OH excluding ortho intramolecular Hbond substituents is 1. The SMILES string of the molecule is COc1ccc2c(c1O)[C@]13C=C(C#N)CC[C@@]1(OC)[C@H](C2)N(C)CC3. The first-order valence-corrected chi connectivity index (χ1v) is 8.79. The van der Waals surface area contributed by atoms with E-state index in [9.17, 15) is 10.4 Å². The zero-order valence-corrected chi connectivity index (χ0v) is 15.0. The van der Waals surface area contributed by atoms with Crippen molar-refractivity contribution in [3.05, 3.63) is 34.9 Å². The third kappa shape index (κ3) is 1.90. The van der Waals surface area contributed by atoms with E-state index < -0.39 is 11.0 Å². The van der Waals surface area contributed by atoms with Crippen LogP contribution >= 0.6 is 0 Å². The van der Waals surface area contributed by atoms with Crippen LogP contribution in [0, 0.1) is 11.3 Å². The number of nitriles is 1. The van der Waals surface area contributed by atoms with Crippen molar-refractivity contribution in [3.8, 4) is 17.6 Å². The summed E-state index contributed by atoms with van der Waals surface area (Å²) in [5.41, 5.74) is 1.88. The Balaban J connectivity index is 2.07. The molecular formula is C20H24N2O3. The van der Waals surface area contributed by atoms with Gasteiger partial charge in [-0.2, -0.15) is 5.26 Å². The van der Waals surface area contributed by atoms with Gasteiger partial charge in [0, 0.05) is 24.3 Å². The highest BCUT2D eigenvalue weighted by molar-refractivity contribution is 5.61. The molecule has 0 saturated carbocycles. The topological polar surface area (TPSA) is 65.7 Å². The zero-order chi connectivity index (χ0) is 17.8. The van der Waals surface area contributed by atoms with Crippen molar-refractivity contribution in [3.63, 3.8) is 0 Å². The lowest BCUT2D eigenvalue weighted by Gasteiger charge is -2.63. The molecule has 5 nitrogen and oxygen atoms in total. The minimum Gasteiger partial charge on any atom is -0.504 e. The average Bonchev–Trinajstić information content (AvgIpc) is 2.64. The molecule has 0 amide bonds. The summed E-state index contributed by atoms with van der Waals surface area (Å²) in [5, 5.41) is 20.6. The highest BCUT2D eigenvalue weighted by Crippen LogP contribution is 2.61. The molecular weight excluding hydrogens is 316 g/mol. The maximum Gasteiger partial charge on any atom is 0.162 e. The van der Waals surface area contributed by atoms with E-state index in [1.54, 1.807) is 14.2 Å². The number of likely N-dealkylation sites (N-methyl/N-ethyl adjacent to an activating group) is 1. The van der Waals surface area contributed by atoms with E-state index in [2.05, 4.69) is 30.2 Å². The van der Waals surface area contributed by atoms with Crippen LogP contribution in [0.5, 0.6) is 11.5 Å². The number of fused-ring (bicyclic) bond motifs is 1. The first-order valence-electron chi connectivity index (χ1n) is 8.79. The molecule has 0 spiro atoms. The lowest BCUT2D eigenvalue weighted by molar-refractivity contribution is -0.155. The molecule has 1 heterocycles. The van der Waals surface area contributed by atoms with Crippen molar-refractivity contribution >= 4 is 0 Å². The lowest BCUT2D eigenvalue weighted by atomic mass is 9.50. The number of phenols is 1. The average molecular weight is 340 g/mol. The maximum atomic E-state index is 11.0. The molecule has 4 rings (SSSR count). The van der Waals surface area contributed by atoms with Gasteiger partial charge in [-0.1, -0.05) is 12.1 Å². The van der Waals surface area contributed by atoms with Gasteiger partial charge in [0.25, 0.3) is 0 Å². The Bertz CT molecular complexity index is 797. The predicted molar refractivity (Wildman–Crippen MR) is 93.7 cm³/mol. The number of likely N-dealkylation sites (tertiary alicyclic amines) is 1. The number of benzene rings is 1. The van der Waals surface area contributed by atoms with E-state index in [1.807, 2.05) is 6.07 Å². The fourth-order valence-electron chi connectivity index (χ4n) is 5.54. The Hall–Kier alpha value is -2.03. The number of piperidine rings is 1. The van der Waals surface area contributed by atoms with Crippen molar-refractivity contribution in [1.82, 2.24) is 4.90 Å². The Morgan fingerprint density at radius 1 is 1.32 bits per heavy atom. The number of hydrogen-bond acceptors (Lipinski definition) is 5. The third-order valence-corrected chi connectivity index (χ3v) is 6.69. The molecule has 0 aromatic heterocycles. The second-order valence-electron chi connectivity index (χ2n) is 7.45. The minimum atomic E-state index is -0.492. The lowest BCUT2D eigenvalue weighted by Crippen LogP contribution is -2.71. The standard InChI is InChI=1S/C20H24N2O3/c1-22-9-8-19-11-13(12-21)6-7-20(19,25-3)16(22)10-14-4-5-15(24-2)18(23)17(14)19/h4-5,11,16,23H,6-10H2,1-3H3/t16-,19-,20+/m0/s1. The van der Waals surface area contributed by atoms with Crippen LogP contribution in [0.1, 0.15) is 30.4 Å². The quantitative estimate of drug-likeness (QED) is 0.896. The fraction of sp³-hybridized carbons (Fsp3) is 0.550. The molecule has 132 valence electrons. The summed E-state index contributed by atoms with van der Waals surface area (Å²) >= 11 is 0. The van der Waals surface area contributed by atoms with Crippen molar-refractivity contribution in [2.24, 2.45) is 0 Å². The van der Waals surface area contributed by atoms with E-state index in [1.165, 1.54) is 0 Å². The molecule has 1 aromatic rings. The summed E-state index contributed by atoms with van der Waals surface area (Å²) in [4.78, 5) is 2.37. The number of hydrogen-bond donors (Lipinski definition) is 1. The number of allylic oxidation sites excluding steroid dienone is 1. The molecule has 1 aromatic carbocycles. The Morgan fingerprint density at radius 3 is 2.80 bits per heavy atom. The normalized spacial score (nSPS) is 33.7. The van der Waals surface area contributed by atoms with E-state index in [0.717, 1.165) is 48.9 Å². The largest absolute Gasteiger partial charge is 0.504 e. The number of rotatable bonds is 2. The Labute approximate surface area is 148 Å². The first kappa shape index (κ1) is 16.4. The minimum absolute atomic E-state index is 0.194. The molecule has 1 N–H and O–H groups in total. The second-order valence-corrected chi connectivity index (χ2v) is 7.45. The van der Waals surface area contributed by atoms with Crippen LogP contribution in [-0.2, 0) is 16.6 Å². The summed E-state index contributed by atoms with van der Waals surface area (Å²) in [5.74, 6) is 0.674. The van der Waals surface area contributed by atoms with Crippen LogP contribution in [0.15, 0.2) is 23.8 Å². The van der Waals surface area contributed by atoms with Gasteiger partial charge in [-0.25, -0.2) is 0 Å². The fourth-order valence-corrected chi connectivity index (χ4v) is 5.54. The Morgan fingerprint density at radius 2 is 2.12 bits per heavy atom. The van der Waals surface area contributed by atoms with Crippen molar-refractivity contribution in [2.45, 2.75) is 42.7 Å². The van der Waals surface area contributed by atoms with Gasteiger partial charge < -0.3 is 19.5 Å². The molecule has 1 fully saturated rings. The predicted octanol–water partition coefficient (Wildman–Crippen LogP) is 2.53. The van der Waals surface area contributed by atoms with Gasteiger partial charge in [-0.05, 0) is 50.9 Å². The van der Waals surface area contributed by atoms with Gasteiger partial charge in [-0.15, -0.1) is 0 Å². The highest BCUT2D eigenvalue weighted by atomic mass is 16.5. The maximum absolute atomic E-state index is 11.0. The molecule has 3 aliphatic rings. The van der Waals surface area contributed by atoms with Crippen LogP contribution in [0.25, 0.3) is 0 Å². The molecule has 0 radical (unpaired) electrons. The number of ether oxygens (including phenoxy) is 2. The Kier molecular flexibility index (Phi) is 3.61. The molecule has 3 atom stereocenters. The first-order chi connectivity index (χ1) is 12.0. The van der Waals surface area contributed by atoms with Crippen LogP contribution in [0.3, 0.4) is 0 Å². The summed E-state index contributed by atoms with van der Waals surface area (Å²) in [6.45, 7) is 0.904. The number of aromatic hydroxyl groups is 1. The van der Waals surface area contributed by atoms with E-state index in [4.69, 9.17) is 9.47 Å². The smallest absolute Gasteiger partial charge is 0.162 e. The van der Waals surface area contributed by atoms with Crippen LogP contribution in [0.4, 0.5) is 0 Å². The van der Waals surface area contributed by atoms with E-state index >= 15 is 0 Å². The van der Waals surface area contributed by atoms with Gasteiger partial charge in [-0.3, -0.25) is 0 Å². The van der Waals surface area contributed by atoms with Crippen molar-refractivity contribution in [1.29, 1.82) is 5.26 Å². The molecule has 2 bridgehead atoms. The highest BCUT2D eigenvalue weighted by Gasteiger charge is 2.64. The summed E-state index contributed by atoms with van der Waals surface area (Å²) < 4.78 is 11.6. The molecule has 1 aliphatic heterocycles. The monoisotopic (exact) mass is 340 g/mol. The zero-order valence-electron chi connectivity index (χ0n) is 15.0. The summed E-state index contributed by atoms with van der Waals surface area (Å²) in [7, 11) is 5.49. The van der Waals surface area contributed by atoms with Crippen molar-refractivity contribution in [2.75, 3.05) is 27.8 Å². The molecule has 5 heteroatoms. The van der Waals surface area contributed by atoms with Crippen molar-refractivity contribution < 1.29 is 14.6 Å². The van der Waals surface area contributed by atoms with Gasteiger partial charge >= 0.3 is 0 Å². The van der Waals surface area contributed by atoms with Crippen LogP contribution < -0.4 is 4.74 Å². The molecule has 1 saturated heterocycles. The third-order valence-electron chi connectivity index (χ3n) is 6.69. The van der Waals surface area contributed by atoms with E-state index in [-0.39, 0.29) is 11.8 Å². The second kappa shape index (κ2) is 5.48. The molecule has 25 heavy (non-hydrogen) atoms. The molecule has 2 aliphatic carbocycles. The van der Waals surface area contributed by atoms with E-state index in [0.29, 0.717) is 5.75 Å². The van der Waals surface area contributed by atoms with Gasteiger partial charge in [0.15, 0.2) is 11.5 Å². The van der Waals surface area contributed by atoms with Gasteiger partial charge in [0.05, 0.1) is 24.2 Å². The van der Waals surface area contributed by atoms with Crippen LogP contribution in [0.2, 0.25) is 0 Å². The number of nitrogens with zero attached hydrogens (tertiary/aromatic N) is 2. The molecule has 0 unspecified atom stereocenters. The summed E-state index contributed by atoms with van der Waals surface area (Å²) in [6.07, 6.45) is 5.23. The van der Waals surface area contributed by atoms with Gasteiger partial charge in [0.1, 0.15) is 0 Å². The van der Waals surface area contributed by atoms with Crippen LogP contribution in [-0.4, -0.2) is 49.5 Å². The number of methoxy groups -OCH3 is 2. The summed E-state index contributed by atoms with van der Waals surface area (Å²) in [6, 6.07) is 6.45. The van der Waals surface area contributed by atoms with Gasteiger partial charge in [0.2, 0.25) is 0 Å².